The molecule has 0 radical (unpaired) electrons. The zero-order valence-electron chi connectivity index (χ0n) is 12.9. The van der Waals surface area contributed by atoms with Crippen LogP contribution in [-0.4, -0.2) is 16.1 Å². The molecule has 1 aromatic heterocycles. The molecule has 0 aliphatic carbocycles. The lowest BCUT2D eigenvalue weighted by atomic mass is 10.1. The first-order valence-corrected chi connectivity index (χ1v) is 7.78. The summed E-state index contributed by atoms with van der Waals surface area (Å²) < 4.78 is 13.0. The highest BCUT2D eigenvalue weighted by atomic mass is 35.5. The smallest absolute Gasteiger partial charge is 0.255 e. The molecule has 1 amide bonds. The largest absolute Gasteiger partial charge is 0.345 e. The highest BCUT2D eigenvalue weighted by Crippen LogP contribution is 2.24. The molecule has 0 spiro atoms. The minimum atomic E-state index is -0.310. The Morgan fingerprint density at radius 3 is 2.71 bits per heavy atom. The van der Waals surface area contributed by atoms with Gasteiger partial charge in [0.15, 0.2) is 0 Å². The van der Waals surface area contributed by atoms with E-state index in [1.165, 1.54) is 18.3 Å². The van der Waals surface area contributed by atoms with Crippen LogP contribution in [0.3, 0.4) is 0 Å². The lowest BCUT2D eigenvalue weighted by Crippen LogP contribution is -2.26. The number of amides is 1. The van der Waals surface area contributed by atoms with E-state index in [-0.39, 0.29) is 17.8 Å². The molecular formula is C18H15ClFN3O. The van der Waals surface area contributed by atoms with E-state index in [1.54, 1.807) is 30.3 Å². The summed E-state index contributed by atoms with van der Waals surface area (Å²) >= 11 is 6.01. The van der Waals surface area contributed by atoms with Crippen molar-refractivity contribution in [3.63, 3.8) is 0 Å². The van der Waals surface area contributed by atoms with Crippen LogP contribution in [0, 0.1) is 5.82 Å². The van der Waals surface area contributed by atoms with Gasteiger partial charge in [0.1, 0.15) is 5.82 Å². The number of aromatic nitrogens is 2. The highest BCUT2D eigenvalue weighted by Gasteiger charge is 2.18. The van der Waals surface area contributed by atoms with Gasteiger partial charge < -0.3 is 5.32 Å². The van der Waals surface area contributed by atoms with Crippen molar-refractivity contribution in [1.29, 1.82) is 0 Å². The van der Waals surface area contributed by atoms with Crippen molar-refractivity contribution < 1.29 is 9.18 Å². The van der Waals surface area contributed by atoms with Gasteiger partial charge in [-0.1, -0.05) is 35.9 Å². The summed E-state index contributed by atoms with van der Waals surface area (Å²) in [6.07, 6.45) is 1.48. The van der Waals surface area contributed by atoms with Gasteiger partial charge in [-0.15, -0.1) is 0 Å². The molecule has 122 valence electrons. The van der Waals surface area contributed by atoms with Crippen molar-refractivity contribution in [1.82, 2.24) is 15.5 Å². The average Bonchev–Trinajstić information content (AvgIpc) is 3.05. The Hall–Kier alpha value is -2.66. The molecule has 1 heterocycles. The first kappa shape index (κ1) is 16.2. The summed E-state index contributed by atoms with van der Waals surface area (Å²) in [6.45, 7) is 1.84. The minimum Gasteiger partial charge on any atom is -0.345 e. The van der Waals surface area contributed by atoms with Crippen LogP contribution >= 0.6 is 11.6 Å². The average molecular weight is 344 g/mol. The predicted octanol–water partition coefficient (Wildman–Crippen LogP) is 4.36. The van der Waals surface area contributed by atoms with Crippen LogP contribution in [0.2, 0.25) is 5.02 Å². The molecule has 6 heteroatoms. The maximum Gasteiger partial charge on any atom is 0.255 e. The maximum atomic E-state index is 13.0. The first-order valence-electron chi connectivity index (χ1n) is 7.40. The molecule has 0 saturated heterocycles. The molecule has 1 atom stereocenters. The monoisotopic (exact) mass is 343 g/mol. The topological polar surface area (TPSA) is 57.8 Å². The van der Waals surface area contributed by atoms with Gasteiger partial charge in [-0.2, -0.15) is 5.10 Å². The van der Waals surface area contributed by atoms with Crippen molar-refractivity contribution in [2.24, 2.45) is 0 Å². The molecule has 0 fully saturated rings. The van der Waals surface area contributed by atoms with E-state index in [2.05, 4.69) is 15.5 Å². The minimum absolute atomic E-state index is 0.264. The molecule has 0 saturated carbocycles. The number of halogens is 2. The quantitative estimate of drug-likeness (QED) is 0.739. The van der Waals surface area contributed by atoms with Crippen molar-refractivity contribution >= 4 is 17.5 Å². The summed E-state index contributed by atoms with van der Waals surface area (Å²) in [5, 5.41) is 10.3. The summed E-state index contributed by atoms with van der Waals surface area (Å²) in [7, 11) is 0. The SMILES string of the molecule is C[C@H](NC(=O)c1cn[nH]c1-c1cccc(Cl)c1)c1ccc(F)cc1. The van der Waals surface area contributed by atoms with Crippen LogP contribution in [0.15, 0.2) is 54.7 Å². The van der Waals surface area contributed by atoms with E-state index in [4.69, 9.17) is 11.6 Å². The van der Waals surface area contributed by atoms with Crippen LogP contribution in [0.4, 0.5) is 4.39 Å². The third-order valence-corrected chi connectivity index (χ3v) is 3.95. The molecule has 0 aliphatic rings. The number of hydrogen-bond acceptors (Lipinski definition) is 2. The van der Waals surface area contributed by atoms with E-state index < -0.39 is 0 Å². The number of aromatic amines is 1. The normalized spacial score (nSPS) is 12.0. The van der Waals surface area contributed by atoms with Gasteiger partial charge >= 0.3 is 0 Å². The fraction of sp³-hybridized carbons (Fsp3) is 0.111. The number of nitrogens with zero attached hydrogens (tertiary/aromatic N) is 1. The molecule has 24 heavy (non-hydrogen) atoms. The van der Waals surface area contributed by atoms with Crippen molar-refractivity contribution in [3.8, 4) is 11.3 Å². The molecule has 3 aromatic rings. The second-order valence-electron chi connectivity index (χ2n) is 5.42. The maximum absolute atomic E-state index is 13.0. The second-order valence-corrected chi connectivity index (χ2v) is 5.85. The van der Waals surface area contributed by atoms with E-state index >= 15 is 0 Å². The predicted molar refractivity (Wildman–Crippen MR) is 91.3 cm³/mol. The Labute approximate surface area is 143 Å². The van der Waals surface area contributed by atoms with Gasteiger partial charge in [0.05, 0.1) is 23.5 Å². The van der Waals surface area contributed by atoms with Gasteiger partial charge in [-0.25, -0.2) is 4.39 Å². The summed E-state index contributed by atoms with van der Waals surface area (Å²) in [4.78, 5) is 12.6. The van der Waals surface area contributed by atoms with Crippen LogP contribution < -0.4 is 5.32 Å². The number of H-pyrrole nitrogens is 1. The molecule has 0 unspecified atom stereocenters. The van der Waals surface area contributed by atoms with Crippen molar-refractivity contribution in [2.45, 2.75) is 13.0 Å². The summed E-state index contributed by atoms with van der Waals surface area (Å²) in [5.41, 5.74) is 2.62. The Morgan fingerprint density at radius 1 is 1.25 bits per heavy atom. The van der Waals surface area contributed by atoms with Crippen molar-refractivity contribution in [3.05, 3.63) is 76.7 Å². The first-order chi connectivity index (χ1) is 11.5. The third-order valence-electron chi connectivity index (χ3n) is 3.71. The van der Waals surface area contributed by atoms with E-state index in [0.717, 1.165) is 11.1 Å². The number of hydrogen-bond donors (Lipinski definition) is 2. The van der Waals surface area contributed by atoms with E-state index in [1.807, 2.05) is 13.0 Å². The Morgan fingerprint density at radius 2 is 2.00 bits per heavy atom. The Bertz CT molecular complexity index is 861. The van der Waals surface area contributed by atoms with Gasteiger partial charge in [-0.3, -0.25) is 9.89 Å². The van der Waals surface area contributed by atoms with Crippen LogP contribution in [0.25, 0.3) is 11.3 Å². The second kappa shape index (κ2) is 6.84. The van der Waals surface area contributed by atoms with Crippen molar-refractivity contribution in [2.75, 3.05) is 0 Å². The van der Waals surface area contributed by atoms with Gasteiger partial charge in [0.25, 0.3) is 5.91 Å². The zero-order valence-corrected chi connectivity index (χ0v) is 13.6. The molecule has 2 aromatic carbocycles. The zero-order chi connectivity index (χ0) is 17.1. The fourth-order valence-corrected chi connectivity index (χ4v) is 2.62. The fourth-order valence-electron chi connectivity index (χ4n) is 2.43. The number of nitrogens with one attached hydrogen (secondary N) is 2. The standard InChI is InChI=1S/C18H15ClFN3O/c1-11(12-5-7-15(20)8-6-12)22-18(24)16-10-21-23-17(16)13-3-2-4-14(19)9-13/h2-11H,1H3,(H,21,23)(H,22,24)/t11-/m0/s1. The molecule has 0 aliphatic heterocycles. The van der Waals surface area contributed by atoms with E-state index in [9.17, 15) is 9.18 Å². The molecule has 3 rings (SSSR count). The molecule has 2 N–H and O–H groups in total. The molecule has 4 nitrogen and oxygen atoms in total. The van der Waals surface area contributed by atoms with Gasteiger partial charge in [0, 0.05) is 10.6 Å². The highest BCUT2D eigenvalue weighted by molar-refractivity contribution is 6.30. The lowest BCUT2D eigenvalue weighted by Gasteiger charge is -2.14. The Kier molecular flexibility index (Phi) is 4.62. The number of carbonyl (C=O) groups is 1. The van der Waals surface area contributed by atoms with Gasteiger partial charge in [-0.05, 0) is 36.8 Å². The summed E-state index contributed by atoms with van der Waals surface area (Å²) in [6, 6.07) is 12.9. The number of carbonyl (C=O) groups excluding carboxylic acids is 1. The lowest BCUT2D eigenvalue weighted by molar-refractivity contribution is 0.0940. The summed E-state index contributed by atoms with van der Waals surface area (Å²) in [5.74, 6) is -0.578. The van der Waals surface area contributed by atoms with Gasteiger partial charge in [0.2, 0.25) is 0 Å². The third kappa shape index (κ3) is 3.46. The van der Waals surface area contributed by atoms with E-state index in [0.29, 0.717) is 16.3 Å². The number of rotatable bonds is 4. The molecular weight excluding hydrogens is 329 g/mol. The van der Waals surface area contributed by atoms with Crippen LogP contribution in [0.5, 0.6) is 0 Å². The van der Waals surface area contributed by atoms with Crippen LogP contribution in [-0.2, 0) is 0 Å². The van der Waals surface area contributed by atoms with Crippen LogP contribution in [0.1, 0.15) is 28.9 Å². The molecule has 0 bridgehead atoms. The number of benzene rings is 2. The Balaban J connectivity index is 1.81.